The molecule has 0 aliphatic carbocycles. The van der Waals surface area contributed by atoms with Gasteiger partial charge in [-0.05, 0) is 48.0 Å². The van der Waals surface area contributed by atoms with Gasteiger partial charge in [0.05, 0.1) is 36.9 Å². The molecule has 0 spiro atoms. The maximum atomic E-state index is 13.7. The first-order valence-corrected chi connectivity index (χ1v) is 12.6. The number of methoxy groups -OCH3 is 2. The number of aromatic amines is 1. The molecular weight excluding hydrogens is 539 g/mol. The van der Waals surface area contributed by atoms with Crippen LogP contribution in [0.4, 0.5) is 19.0 Å². The molecule has 3 aromatic carbocycles. The second-order valence-corrected chi connectivity index (χ2v) is 9.03. The second kappa shape index (κ2) is 11.7. The van der Waals surface area contributed by atoms with Crippen LogP contribution in [0.2, 0.25) is 0 Å². The number of halogens is 3. The average Bonchev–Trinajstić information content (AvgIpc) is 3.57. The van der Waals surface area contributed by atoms with Crippen LogP contribution in [-0.4, -0.2) is 53.1 Å². The van der Waals surface area contributed by atoms with Crippen molar-refractivity contribution in [2.45, 2.75) is 12.7 Å². The summed E-state index contributed by atoms with van der Waals surface area (Å²) in [6, 6.07) is 19.7. The molecular formula is C29H26F3N5O4. The monoisotopic (exact) mass is 565 g/mol. The molecule has 0 bridgehead atoms. The number of amides is 1. The van der Waals surface area contributed by atoms with E-state index in [1.807, 2.05) is 48.5 Å². The van der Waals surface area contributed by atoms with Crippen LogP contribution in [0, 0.1) is 0 Å². The summed E-state index contributed by atoms with van der Waals surface area (Å²) in [5, 5.41) is 7.15. The molecule has 2 N–H and O–H groups in total. The van der Waals surface area contributed by atoms with Crippen molar-refractivity contribution >= 4 is 22.8 Å². The van der Waals surface area contributed by atoms with E-state index in [0.29, 0.717) is 23.8 Å². The lowest BCUT2D eigenvalue weighted by atomic mass is 10.1. The van der Waals surface area contributed by atoms with Gasteiger partial charge in [0.1, 0.15) is 23.8 Å². The molecule has 0 atom stereocenters. The highest BCUT2D eigenvalue weighted by atomic mass is 19.4. The number of H-pyrrole nitrogens is 1. The fourth-order valence-electron chi connectivity index (χ4n) is 4.21. The molecule has 12 heteroatoms. The van der Waals surface area contributed by atoms with E-state index in [0.717, 1.165) is 28.7 Å². The first kappa shape index (κ1) is 27.7. The number of hydrogen-bond donors (Lipinski definition) is 2. The van der Waals surface area contributed by atoms with E-state index in [1.165, 1.54) is 13.2 Å². The Bertz CT molecular complexity index is 1630. The minimum atomic E-state index is -4.73. The highest BCUT2D eigenvalue weighted by Gasteiger charge is 2.35. The van der Waals surface area contributed by atoms with Gasteiger partial charge in [-0.2, -0.15) is 18.3 Å². The molecule has 1 amide bonds. The third kappa shape index (κ3) is 6.33. The Labute approximate surface area is 232 Å². The van der Waals surface area contributed by atoms with Crippen LogP contribution in [0.25, 0.3) is 22.6 Å². The van der Waals surface area contributed by atoms with Crippen molar-refractivity contribution in [2.75, 3.05) is 32.8 Å². The summed E-state index contributed by atoms with van der Waals surface area (Å²) in [7, 11) is 3.00. The van der Waals surface area contributed by atoms with E-state index in [4.69, 9.17) is 14.2 Å². The fraction of sp³-hybridized carbons (Fsp3) is 0.207. The summed E-state index contributed by atoms with van der Waals surface area (Å²) in [5.41, 5.74) is 1.78. The van der Waals surface area contributed by atoms with E-state index in [9.17, 15) is 18.0 Å². The number of para-hydroxylation sites is 2. The minimum absolute atomic E-state index is 0.0681. The van der Waals surface area contributed by atoms with Gasteiger partial charge in [-0.15, -0.1) is 0 Å². The van der Waals surface area contributed by atoms with Crippen LogP contribution < -0.4 is 14.8 Å². The summed E-state index contributed by atoms with van der Waals surface area (Å²) in [5.74, 6) is 0.219. The summed E-state index contributed by atoms with van der Waals surface area (Å²) < 4.78 is 58.1. The fourth-order valence-corrected chi connectivity index (χ4v) is 4.21. The van der Waals surface area contributed by atoms with Gasteiger partial charge in [-0.3, -0.25) is 9.48 Å². The van der Waals surface area contributed by atoms with E-state index >= 15 is 0 Å². The van der Waals surface area contributed by atoms with Gasteiger partial charge in [0, 0.05) is 18.7 Å². The Morgan fingerprint density at radius 3 is 2.49 bits per heavy atom. The van der Waals surface area contributed by atoms with Crippen LogP contribution in [0.1, 0.15) is 21.5 Å². The quantitative estimate of drug-likeness (QED) is 0.208. The zero-order valence-corrected chi connectivity index (χ0v) is 22.2. The Kier molecular flexibility index (Phi) is 7.92. The first-order valence-electron chi connectivity index (χ1n) is 12.6. The normalized spacial score (nSPS) is 11.5. The molecule has 0 radical (unpaired) electrons. The molecule has 0 aliphatic rings. The van der Waals surface area contributed by atoms with Crippen LogP contribution >= 0.6 is 0 Å². The Balaban J connectivity index is 1.45. The zero-order valence-electron chi connectivity index (χ0n) is 22.2. The molecule has 2 aromatic heterocycles. The van der Waals surface area contributed by atoms with Gasteiger partial charge in [-0.1, -0.05) is 24.3 Å². The number of carbonyl (C=O) groups is 1. The van der Waals surface area contributed by atoms with Gasteiger partial charge in [0.15, 0.2) is 11.6 Å². The van der Waals surface area contributed by atoms with Crippen LogP contribution in [-0.2, 0) is 17.5 Å². The predicted molar refractivity (Wildman–Crippen MR) is 146 cm³/mol. The smallest absolute Gasteiger partial charge is 0.419 e. The number of aromatic nitrogens is 4. The number of benzene rings is 3. The number of carbonyl (C=O) groups excluding carboxylic acids is 1. The molecule has 2 heterocycles. The average molecular weight is 566 g/mol. The SMILES string of the molecule is COCCOc1ccc(C(=O)Nc2cc(-c3nc4ccccc4[nH]3)n(Cc3ccc(OC)cc3)n2)cc1C(F)(F)F. The van der Waals surface area contributed by atoms with E-state index in [1.54, 1.807) is 17.9 Å². The standard InChI is InChI=1S/C29H26F3N5O4/c1-39-13-14-41-25-12-9-19(15-21(25)29(30,31)32)28(38)35-26-16-24(27-33-22-5-3-4-6-23(22)34-27)37(36-26)17-18-7-10-20(40-2)11-8-18/h3-12,15-16H,13-14,17H2,1-2H3,(H,33,34)(H,35,36,38). The number of imidazole rings is 1. The van der Waals surface area contributed by atoms with Crippen LogP contribution in [0.3, 0.4) is 0 Å². The van der Waals surface area contributed by atoms with Crippen LogP contribution in [0.5, 0.6) is 11.5 Å². The molecule has 0 saturated carbocycles. The molecule has 5 rings (SSSR count). The highest BCUT2D eigenvalue weighted by Crippen LogP contribution is 2.37. The molecule has 0 saturated heterocycles. The predicted octanol–water partition coefficient (Wildman–Crippen LogP) is 5.78. The lowest BCUT2D eigenvalue weighted by molar-refractivity contribution is -0.139. The zero-order chi connectivity index (χ0) is 29.0. The molecule has 212 valence electrons. The Hall–Kier alpha value is -4.84. The third-order valence-corrected chi connectivity index (χ3v) is 6.24. The molecule has 0 aliphatic heterocycles. The van der Waals surface area contributed by atoms with Crippen molar-refractivity contribution < 1.29 is 32.2 Å². The van der Waals surface area contributed by atoms with Crippen molar-refractivity contribution in [1.82, 2.24) is 19.7 Å². The van der Waals surface area contributed by atoms with Crippen molar-refractivity contribution in [3.63, 3.8) is 0 Å². The summed E-state index contributed by atoms with van der Waals surface area (Å²) in [6.07, 6.45) is -4.73. The van der Waals surface area contributed by atoms with Crippen molar-refractivity contribution in [1.29, 1.82) is 0 Å². The number of rotatable bonds is 10. The topological polar surface area (TPSA) is 103 Å². The van der Waals surface area contributed by atoms with E-state index in [-0.39, 0.29) is 30.3 Å². The third-order valence-electron chi connectivity index (χ3n) is 6.24. The van der Waals surface area contributed by atoms with Crippen molar-refractivity contribution in [3.8, 4) is 23.0 Å². The summed E-state index contributed by atoms with van der Waals surface area (Å²) in [6.45, 7) is 0.381. The number of alkyl halides is 3. The van der Waals surface area contributed by atoms with Crippen molar-refractivity contribution in [2.24, 2.45) is 0 Å². The van der Waals surface area contributed by atoms with Gasteiger partial charge < -0.3 is 24.5 Å². The summed E-state index contributed by atoms with van der Waals surface area (Å²) in [4.78, 5) is 21.0. The van der Waals surface area contributed by atoms with Gasteiger partial charge in [-0.25, -0.2) is 4.98 Å². The van der Waals surface area contributed by atoms with Gasteiger partial charge >= 0.3 is 6.18 Å². The number of nitrogens with one attached hydrogen (secondary N) is 2. The Morgan fingerprint density at radius 2 is 1.78 bits per heavy atom. The number of anilines is 1. The Morgan fingerprint density at radius 1 is 1.00 bits per heavy atom. The van der Waals surface area contributed by atoms with Crippen LogP contribution in [0.15, 0.2) is 72.8 Å². The molecule has 0 fully saturated rings. The maximum absolute atomic E-state index is 13.7. The lowest BCUT2D eigenvalue weighted by Gasteiger charge is -2.15. The second-order valence-electron chi connectivity index (χ2n) is 9.03. The lowest BCUT2D eigenvalue weighted by Crippen LogP contribution is -2.16. The number of nitrogens with zero attached hydrogens (tertiary/aromatic N) is 3. The largest absolute Gasteiger partial charge is 0.497 e. The van der Waals surface area contributed by atoms with Gasteiger partial charge in [0.25, 0.3) is 5.91 Å². The number of hydrogen-bond acceptors (Lipinski definition) is 6. The summed E-state index contributed by atoms with van der Waals surface area (Å²) >= 11 is 0. The number of fused-ring (bicyclic) bond motifs is 1. The van der Waals surface area contributed by atoms with E-state index < -0.39 is 17.6 Å². The van der Waals surface area contributed by atoms with Crippen molar-refractivity contribution in [3.05, 3.63) is 89.5 Å². The first-order chi connectivity index (χ1) is 19.7. The number of ether oxygens (including phenoxy) is 3. The minimum Gasteiger partial charge on any atom is -0.497 e. The van der Waals surface area contributed by atoms with Gasteiger partial charge in [0.2, 0.25) is 0 Å². The molecule has 9 nitrogen and oxygen atoms in total. The van der Waals surface area contributed by atoms with E-state index in [2.05, 4.69) is 20.4 Å². The molecule has 0 unspecified atom stereocenters. The maximum Gasteiger partial charge on any atom is 0.419 e. The molecule has 5 aromatic rings. The molecule has 41 heavy (non-hydrogen) atoms. The highest BCUT2D eigenvalue weighted by molar-refractivity contribution is 6.04.